The minimum atomic E-state index is 0.465. The smallest absolute Gasteiger partial charge is 0.0291 e. The SMILES string of the molecule is CCCCN[C@H](C)c1ccc(SC)cc1. The average Bonchev–Trinajstić information content (AvgIpc) is 2.29. The largest absolute Gasteiger partial charge is 0.310 e. The van der Waals surface area contributed by atoms with E-state index in [2.05, 4.69) is 49.7 Å². The molecule has 1 atom stereocenters. The maximum atomic E-state index is 3.53. The third-order valence-corrected chi connectivity index (χ3v) is 3.34. The van der Waals surface area contributed by atoms with E-state index in [9.17, 15) is 0 Å². The van der Waals surface area contributed by atoms with Crippen LogP contribution in [0.25, 0.3) is 0 Å². The predicted molar refractivity (Wildman–Crippen MR) is 69.5 cm³/mol. The summed E-state index contributed by atoms with van der Waals surface area (Å²) in [6, 6.07) is 9.29. The molecule has 1 rings (SSSR count). The first-order valence-corrected chi connectivity index (χ1v) is 6.87. The number of hydrogen-bond donors (Lipinski definition) is 1. The molecule has 0 radical (unpaired) electrons. The molecule has 0 saturated carbocycles. The lowest BCUT2D eigenvalue weighted by atomic mass is 10.1. The van der Waals surface area contributed by atoms with Crippen molar-refractivity contribution in [3.8, 4) is 0 Å². The summed E-state index contributed by atoms with van der Waals surface area (Å²) in [6.45, 7) is 5.56. The predicted octanol–water partition coefficient (Wildman–Crippen LogP) is 3.86. The second-order valence-corrected chi connectivity index (χ2v) is 4.68. The van der Waals surface area contributed by atoms with Gasteiger partial charge in [-0.25, -0.2) is 0 Å². The van der Waals surface area contributed by atoms with Crippen LogP contribution in [0.2, 0.25) is 0 Å². The highest BCUT2D eigenvalue weighted by Gasteiger charge is 2.03. The van der Waals surface area contributed by atoms with E-state index in [1.54, 1.807) is 11.8 Å². The van der Waals surface area contributed by atoms with Crippen LogP contribution in [-0.4, -0.2) is 12.8 Å². The lowest BCUT2D eigenvalue weighted by molar-refractivity contribution is 0.554. The molecule has 0 saturated heterocycles. The molecule has 0 aliphatic carbocycles. The molecule has 0 spiro atoms. The second kappa shape index (κ2) is 6.91. The fraction of sp³-hybridized carbons (Fsp3) is 0.538. The summed E-state index contributed by atoms with van der Waals surface area (Å²) >= 11 is 1.79. The number of unbranched alkanes of at least 4 members (excludes halogenated alkanes) is 1. The standard InChI is InChI=1S/C13H21NS/c1-4-5-10-14-11(2)12-6-8-13(15-3)9-7-12/h6-9,11,14H,4-5,10H2,1-3H3/t11-/m1/s1. The van der Waals surface area contributed by atoms with E-state index in [0.29, 0.717) is 6.04 Å². The molecular formula is C13H21NS. The molecule has 1 aromatic carbocycles. The molecule has 1 nitrogen and oxygen atoms in total. The molecule has 0 unspecified atom stereocenters. The van der Waals surface area contributed by atoms with Crippen LogP contribution in [0.1, 0.15) is 38.3 Å². The van der Waals surface area contributed by atoms with Crippen molar-refractivity contribution in [1.29, 1.82) is 0 Å². The fourth-order valence-corrected chi connectivity index (χ4v) is 1.91. The highest BCUT2D eigenvalue weighted by molar-refractivity contribution is 7.98. The summed E-state index contributed by atoms with van der Waals surface area (Å²) < 4.78 is 0. The van der Waals surface area contributed by atoms with Crippen LogP contribution in [0.4, 0.5) is 0 Å². The number of nitrogens with one attached hydrogen (secondary N) is 1. The molecule has 0 fully saturated rings. The lowest BCUT2D eigenvalue weighted by Gasteiger charge is -2.14. The Morgan fingerprint density at radius 3 is 2.47 bits per heavy atom. The highest BCUT2D eigenvalue weighted by atomic mass is 32.2. The first kappa shape index (κ1) is 12.6. The summed E-state index contributed by atoms with van der Waals surface area (Å²) in [5, 5.41) is 3.53. The molecule has 1 aromatic rings. The zero-order valence-corrected chi connectivity index (χ0v) is 10.7. The van der Waals surface area contributed by atoms with Crippen molar-refractivity contribution < 1.29 is 0 Å². The van der Waals surface area contributed by atoms with Crippen molar-refractivity contribution in [1.82, 2.24) is 5.32 Å². The van der Waals surface area contributed by atoms with Crippen molar-refractivity contribution in [2.24, 2.45) is 0 Å². The van der Waals surface area contributed by atoms with Gasteiger partial charge in [0.25, 0.3) is 0 Å². The Morgan fingerprint density at radius 1 is 1.27 bits per heavy atom. The van der Waals surface area contributed by atoms with Crippen LogP contribution in [0.3, 0.4) is 0 Å². The molecule has 0 aromatic heterocycles. The van der Waals surface area contributed by atoms with Crippen molar-refractivity contribution in [3.05, 3.63) is 29.8 Å². The molecule has 2 heteroatoms. The minimum Gasteiger partial charge on any atom is -0.310 e. The Labute approximate surface area is 97.7 Å². The molecule has 15 heavy (non-hydrogen) atoms. The van der Waals surface area contributed by atoms with E-state index in [0.717, 1.165) is 6.54 Å². The Balaban J connectivity index is 2.46. The van der Waals surface area contributed by atoms with Crippen molar-refractivity contribution in [2.45, 2.75) is 37.6 Å². The van der Waals surface area contributed by atoms with Crippen LogP contribution in [-0.2, 0) is 0 Å². The second-order valence-electron chi connectivity index (χ2n) is 3.80. The summed E-state index contributed by atoms with van der Waals surface area (Å²) in [5.41, 5.74) is 1.38. The van der Waals surface area contributed by atoms with Gasteiger partial charge in [-0.3, -0.25) is 0 Å². The van der Waals surface area contributed by atoms with Gasteiger partial charge in [-0.05, 0) is 43.8 Å². The molecule has 1 N–H and O–H groups in total. The Bertz CT molecular complexity index is 268. The van der Waals surface area contributed by atoms with Crippen LogP contribution < -0.4 is 5.32 Å². The molecular weight excluding hydrogens is 202 g/mol. The van der Waals surface area contributed by atoms with Crippen LogP contribution in [0.5, 0.6) is 0 Å². The Morgan fingerprint density at radius 2 is 1.93 bits per heavy atom. The maximum Gasteiger partial charge on any atom is 0.0291 e. The van der Waals surface area contributed by atoms with Gasteiger partial charge in [0.05, 0.1) is 0 Å². The number of benzene rings is 1. The summed E-state index contributed by atoms with van der Waals surface area (Å²) in [7, 11) is 0. The first-order chi connectivity index (χ1) is 7.27. The molecule has 84 valence electrons. The van der Waals surface area contributed by atoms with E-state index < -0.39 is 0 Å². The number of hydrogen-bond acceptors (Lipinski definition) is 2. The van der Waals surface area contributed by atoms with Crippen molar-refractivity contribution in [2.75, 3.05) is 12.8 Å². The summed E-state index contributed by atoms with van der Waals surface area (Å²) in [5.74, 6) is 0. The van der Waals surface area contributed by atoms with Gasteiger partial charge in [0.1, 0.15) is 0 Å². The van der Waals surface area contributed by atoms with Gasteiger partial charge in [-0.2, -0.15) is 0 Å². The quantitative estimate of drug-likeness (QED) is 0.580. The van der Waals surface area contributed by atoms with Crippen LogP contribution >= 0.6 is 11.8 Å². The number of thioether (sulfide) groups is 1. The molecule has 0 amide bonds. The van der Waals surface area contributed by atoms with Gasteiger partial charge in [-0.15, -0.1) is 11.8 Å². The van der Waals surface area contributed by atoms with E-state index in [1.807, 2.05) is 0 Å². The zero-order chi connectivity index (χ0) is 11.1. The maximum absolute atomic E-state index is 3.53. The van der Waals surface area contributed by atoms with Crippen LogP contribution in [0.15, 0.2) is 29.2 Å². The lowest BCUT2D eigenvalue weighted by Crippen LogP contribution is -2.19. The molecule has 0 heterocycles. The summed E-state index contributed by atoms with van der Waals surface area (Å²) in [4.78, 5) is 1.33. The van der Waals surface area contributed by atoms with E-state index in [-0.39, 0.29) is 0 Å². The Hall–Kier alpha value is -0.470. The Kier molecular flexibility index (Phi) is 5.81. The average molecular weight is 223 g/mol. The fourth-order valence-electron chi connectivity index (χ4n) is 1.51. The zero-order valence-electron chi connectivity index (χ0n) is 9.92. The number of rotatable bonds is 6. The highest BCUT2D eigenvalue weighted by Crippen LogP contribution is 2.18. The minimum absolute atomic E-state index is 0.465. The van der Waals surface area contributed by atoms with Crippen LogP contribution in [0, 0.1) is 0 Å². The van der Waals surface area contributed by atoms with Gasteiger partial charge in [-0.1, -0.05) is 25.5 Å². The first-order valence-electron chi connectivity index (χ1n) is 5.65. The summed E-state index contributed by atoms with van der Waals surface area (Å²) in [6.07, 6.45) is 4.62. The topological polar surface area (TPSA) is 12.0 Å². The van der Waals surface area contributed by atoms with Gasteiger partial charge in [0.2, 0.25) is 0 Å². The van der Waals surface area contributed by atoms with Crippen molar-refractivity contribution in [3.63, 3.8) is 0 Å². The van der Waals surface area contributed by atoms with Crippen molar-refractivity contribution >= 4 is 11.8 Å². The molecule has 0 bridgehead atoms. The monoisotopic (exact) mass is 223 g/mol. The van der Waals surface area contributed by atoms with E-state index >= 15 is 0 Å². The van der Waals surface area contributed by atoms with E-state index in [4.69, 9.17) is 0 Å². The van der Waals surface area contributed by atoms with Gasteiger partial charge >= 0.3 is 0 Å². The van der Waals surface area contributed by atoms with E-state index in [1.165, 1.54) is 23.3 Å². The van der Waals surface area contributed by atoms with Gasteiger partial charge in [0, 0.05) is 10.9 Å². The molecule has 0 aliphatic heterocycles. The van der Waals surface area contributed by atoms with Gasteiger partial charge in [0.15, 0.2) is 0 Å². The third-order valence-electron chi connectivity index (χ3n) is 2.60. The normalized spacial score (nSPS) is 12.7. The van der Waals surface area contributed by atoms with Gasteiger partial charge < -0.3 is 5.32 Å². The third kappa shape index (κ3) is 4.27. The molecule has 0 aliphatic rings.